The molecule has 3 rings (SSSR count). The van der Waals surface area contributed by atoms with E-state index in [2.05, 4.69) is 20.7 Å². The van der Waals surface area contributed by atoms with Crippen molar-refractivity contribution in [3.63, 3.8) is 0 Å². The molecule has 0 aliphatic rings. The summed E-state index contributed by atoms with van der Waals surface area (Å²) >= 11 is 0. The van der Waals surface area contributed by atoms with E-state index < -0.39 is 23.7 Å². The summed E-state index contributed by atoms with van der Waals surface area (Å²) in [6.45, 7) is 8.75. The van der Waals surface area contributed by atoms with Crippen molar-refractivity contribution in [2.75, 3.05) is 5.32 Å². The number of amides is 2. The van der Waals surface area contributed by atoms with Gasteiger partial charge in [0, 0.05) is 18.3 Å². The number of anilines is 1. The molecule has 2 heterocycles. The molecule has 0 atom stereocenters. The average Bonchev–Trinajstić information content (AvgIpc) is 3.15. The molecule has 3 aromatic rings. The predicted octanol–water partition coefficient (Wildman–Crippen LogP) is 4.60. The molecule has 2 aromatic heterocycles. The van der Waals surface area contributed by atoms with Crippen molar-refractivity contribution < 1.29 is 22.8 Å². The van der Waals surface area contributed by atoms with Crippen LogP contribution in [0.2, 0.25) is 0 Å². The van der Waals surface area contributed by atoms with E-state index in [0.717, 1.165) is 10.2 Å². The average molecular weight is 459 g/mol. The maximum Gasteiger partial charge on any atom is 0.435 e. The molecular weight excluding hydrogens is 435 g/mol. The van der Waals surface area contributed by atoms with Crippen LogP contribution in [0.5, 0.6) is 0 Å². The first-order valence-electron chi connectivity index (χ1n) is 10.2. The zero-order valence-electron chi connectivity index (χ0n) is 18.8. The molecule has 0 spiro atoms. The van der Waals surface area contributed by atoms with Crippen LogP contribution in [-0.4, -0.2) is 32.6 Å². The largest absolute Gasteiger partial charge is 0.435 e. The van der Waals surface area contributed by atoms with Crippen LogP contribution in [0.1, 0.15) is 57.1 Å². The number of rotatable bonds is 5. The molecule has 0 saturated heterocycles. The number of benzene rings is 1. The lowest BCUT2D eigenvalue weighted by atomic mass is 10.0. The SMILES string of the molecule is Cc1cc(C)c(NC(=O)c2cc(C(F)(F)F)nn2-c2ncccc2C)c(C(=O)NC(C)C)c1. The number of alkyl halides is 3. The highest BCUT2D eigenvalue weighted by Crippen LogP contribution is 2.31. The lowest BCUT2D eigenvalue weighted by Crippen LogP contribution is -2.31. The Bertz CT molecular complexity index is 1220. The van der Waals surface area contributed by atoms with Gasteiger partial charge in [0.1, 0.15) is 5.69 Å². The normalized spacial score (nSPS) is 11.5. The summed E-state index contributed by atoms with van der Waals surface area (Å²) in [7, 11) is 0. The molecule has 0 saturated carbocycles. The predicted molar refractivity (Wildman–Crippen MR) is 118 cm³/mol. The summed E-state index contributed by atoms with van der Waals surface area (Å²) in [5, 5.41) is 8.98. The van der Waals surface area contributed by atoms with Crippen LogP contribution in [0.4, 0.5) is 18.9 Å². The highest BCUT2D eigenvalue weighted by atomic mass is 19.4. The van der Waals surface area contributed by atoms with E-state index in [1.165, 1.54) is 6.20 Å². The van der Waals surface area contributed by atoms with Gasteiger partial charge >= 0.3 is 6.18 Å². The fourth-order valence-electron chi connectivity index (χ4n) is 3.37. The zero-order chi connectivity index (χ0) is 24.5. The number of nitrogens with one attached hydrogen (secondary N) is 2. The molecular formula is C23H24F3N5O2. The van der Waals surface area contributed by atoms with Gasteiger partial charge in [-0.15, -0.1) is 0 Å². The maximum absolute atomic E-state index is 13.4. The molecule has 0 unspecified atom stereocenters. The van der Waals surface area contributed by atoms with Crippen molar-refractivity contribution in [1.29, 1.82) is 0 Å². The van der Waals surface area contributed by atoms with E-state index in [1.54, 1.807) is 58.9 Å². The van der Waals surface area contributed by atoms with Gasteiger partial charge in [-0.2, -0.15) is 18.3 Å². The Balaban J connectivity index is 2.10. The van der Waals surface area contributed by atoms with Gasteiger partial charge in [-0.1, -0.05) is 12.1 Å². The fraction of sp³-hybridized carbons (Fsp3) is 0.304. The smallest absolute Gasteiger partial charge is 0.350 e. The summed E-state index contributed by atoms with van der Waals surface area (Å²) in [6.07, 6.45) is -3.36. The van der Waals surface area contributed by atoms with Crippen LogP contribution in [0, 0.1) is 20.8 Å². The van der Waals surface area contributed by atoms with Crippen LogP contribution in [0.15, 0.2) is 36.5 Å². The minimum atomic E-state index is -4.76. The van der Waals surface area contributed by atoms with Gasteiger partial charge < -0.3 is 10.6 Å². The van der Waals surface area contributed by atoms with Crippen LogP contribution < -0.4 is 10.6 Å². The van der Waals surface area contributed by atoms with Gasteiger partial charge in [0.2, 0.25) is 0 Å². The third-order valence-electron chi connectivity index (χ3n) is 4.80. The Hall–Kier alpha value is -3.69. The number of nitrogens with zero attached hydrogens (tertiary/aromatic N) is 3. The summed E-state index contributed by atoms with van der Waals surface area (Å²) < 4.78 is 41.1. The Morgan fingerprint density at radius 3 is 2.33 bits per heavy atom. The highest BCUT2D eigenvalue weighted by Gasteiger charge is 2.36. The van der Waals surface area contributed by atoms with Gasteiger partial charge in [0.05, 0.1) is 11.3 Å². The van der Waals surface area contributed by atoms with Crippen molar-refractivity contribution in [3.8, 4) is 5.82 Å². The number of carbonyl (C=O) groups excluding carboxylic acids is 2. The van der Waals surface area contributed by atoms with E-state index in [1.807, 2.05) is 0 Å². The van der Waals surface area contributed by atoms with Crippen LogP contribution >= 0.6 is 0 Å². The van der Waals surface area contributed by atoms with Crippen LogP contribution in [-0.2, 0) is 6.18 Å². The monoisotopic (exact) mass is 459 g/mol. The number of hydrogen-bond donors (Lipinski definition) is 2. The number of hydrogen-bond acceptors (Lipinski definition) is 4. The maximum atomic E-state index is 13.4. The zero-order valence-corrected chi connectivity index (χ0v) is 18.8. The number of aryl methyl sites for hydroxylation is 3. The van der Waals surface area contributed by atoms with Crippen molar-refractivity contribution >= 4 is 17.5 Å². The molecule has 2 N–H and O–H groups in total. The number of halogens is 3. The Morgan fingerprint density at radius 2 is 1.73 bits per heavy atom. The molecule has 0 aliphatic carbocycles. The first kappa shape index (κ1) is 24.0. The number of pyridine rings is 1. The van der Waals surface area contributed by atoms with E-state index in [-0.39, 0.29) is 28.8 Å². The second-order valence-corrected chi connectivity index (χ2v) is 8.05. The van der Waals surface area contributed by atoms with Crippen molar-refractivity contribution in [1.82, 2.24) is 20.1 Å². The van der Waals surface area contributed by atoms with E-state index >= 15 is 0 Å². The molecule has 33 heavy (non-hydrogen) atoms. The van der Waals surface area contributed by atoms with Gasteiger partial charge in [0.15, 0.2) is 11.5 Å². The summed E-state index contributed by atoms with van der Waals surface area (Å²) in [5.74, 6) is -1.16. The Morgan fingerprint density at radius 1 is 1.03 bits per heavy atom. The third kappa shape index (κ3) is 5.21. The van der Waals surface area contributed by atoms with Gasteiger partial charge in [-0.25, -0.2) is 9.67 Å². The Labute approximate surface area is 189 Å². The molecule has 0 radical (unpaired) electrons. The molecule has 174 valence electrons. The summed E-state index contributed by atoms with van der Waals surface area (Å²) in [6, 6.07) is 7.18. The first-order chi connectivity index (χ1) is 15.4. The third-order valence-corrected chi connectivity index (χ3v) is 4.80. The van der Waals surface area contributed by atoms with Crippen molar-refractivity contribution in [2.24, 2.45) is 0 Å². The quantitative estimate of drug-likeness (QED) is 0.584. The van der Waals surface area contributed by atoms with Crippen molar-refractivity contribution in [3.05, 3.63) is 70.2 Å². The summed E-state index contributed by atoms with van der Waals surface area (Å²) in [5.41, 5.74) is 0.761. The molecule has 0 fully saturated rings. The number of carbonyl (C=O) groups is 2. The summed E-state index contributed by atoms with van der Waals surface area (Å²) in [4.78, 5) is 30.0. The fourth-order valence-corrected chi connectivity index (χ4v) is 3.37. The topological polar surface area (TPSA) is 88.9 Å². The molecule has 1 aromatic carbocycles. The minimum Gasteiger partial charge on any atom is -0.350 e. The lowest BCUT2D eigenvalue weighted by Gasteiger charge is -2.17. The van der Waals surface area contributed by atoms with Crippen LogP contribution in [0.25, 0.3) is 5.82 Å². The second kappa shape index (κ2) is 9.05. The van der Waals surface area contributed by atoms with Gasteiger partial charge in [-0.05, 0) is 63.4 Å². The van der Waals surface area contributed by atoms with Gasteiger partial charge in [0.25, 0.3) is 11.8 Å². The second-order valence-electron chi connectivity index (χ2n) is 8.05. The standard InChI is InChI=1S/C23H24F3N5O2/c1-12(2)28-21(32)16-10-13(3)9-15(5)19(16)29-22(33)17-11-18(23(24,25)26)30-31(17)20-14(4)7-6-8-27-20/h6-12H,1-5H3,(H,28,32)(H,29,33). The Kier molecular flexibility index (Phi) is 6.57. The molecule has 0 bridgehead atoms. The molecule has 10 heteroatoms. The molecule has 2 amide bonds. The van der Waals surface area contributed by atoms with Crippen molar-refractivity contribution in [2.45, 2.75) is 46.8 Å². The molecule has 0 aliphatic heterocycles. The number of aromatic nitrogens is 3. The lowest BCUT2D eigenvalue weighted by molar-refractivity contribution is -0.141. The highest BCUT2D eigenvalue weighted by molar-refractivity contribution is 6.09. The molecule has 7 nitrogen and oxygen atoms in total. The van der Waals surface area contributed by atoms with Crippen LogP contribution in [0.3, 0.4) is 0 Å². The first-order valence-corrected chi connectivity index (χ1v) is 10.2. The van der Waals surface area contributed by atoms with Gasteiger partial charge in [-0.3, -0.25) is 9.59 Å². The van der Waals surface area contributed by atoms with E-state index in [9.17, 15) is 22.8 Å². The minimum absolute atomic E-state index is 0.0940. The van der Waals surface area contributed by atoms with E-state index in [4.69, 9.17) is 0 Å². The van der Waals surface area contributed by atoms with E-state index in [0.29, 0.717) is 17.2 Å².